The van der Waals surface area contributed by atoms with E-state index in [1.54, 1.807) is 18.3 Å². The fraction of sp³-hybridized carbons (Fsp3) is 0.364. The Morgan fingerprint density at radius 2 is 1.79 bits per heavy atom. The number of pyridine rings is 1. The smallest absolute Gasteiger partial charge is 0.372 e. The Bertz CT molecular complexity index is 1140. The van der Waals surface area contributed by atoms with Crippen LogP contribution >= 0.6 is 0 Å². The monoisotopic (exact) mass is 478 g/mol. The topological polar surface area (TPSA) is 85.2 Å². The van der Waals surface area contributed by atoms with Crippen LogP contribution in [0.15, 0.2) is 42.6 Å². The van der Waals surface area contributed by atoms with Crippen LogP contribution in [-0.2, 0) is 17.5 Å². The van der Waals surface area contributed by atoms with Crippen molar-refractivity contribution in [3.05, 3.63) is 65.4 Å². The lowest BCUT2D eigenvalue weighted by Gasteiger charge is -2.36. The number of nitrogens with one attached hydrogen (secondary N) is 1. The summed E-state index contributed by atoms with van der Waals surface area (Å²) in [4.78, 5) is 19.0. The Kier molecular flexibility index (Phi) is 6.51. The average Bonchev–Trinajstić information content (AvgIpc) is 3.24. The molecule has 0 aliphatic carbocycles. The van der Waals surface area contributed by atoms with Gasteiger partial charge < -0.3 is 15.0 Å². The van der Waals surface area contributed by atoms with Gasteiger partial charge in [0, 0.05) is 25.8 Å². The standard InChI is InChI=1S/C22H22F4N6O2/c1-13-11-31(12-14(2)34-13)18-8-3-15(9-27-18)10-28-21(33)19-20(22(24,25)26)32(30-29-19)17-6-4-16(23)5-7-17/h3-9,13-14H,10-12H2,1-2H3,(H,28,33). The summed E-state index contributed by atoms with van der Waals surface area (Å²) in [6.45, 7) is 5.29. The van der Waals surface area contributed by atoms with Gasteiger partial charge in [0.05, 0.1) is 17.9 Å². The van der Waals surface area contributed by atoms with E-state index in [4.69, 9.17) is 4.74 Å². The van der Waals surface area contributed by atoms with Crippen LogP contribution in [0.4, 0.5) is 23.4 Å². The van der Waals surface area contributed by atoms with Crippen LogP contribution in [0, 0.1) is 5.82 Å². The molecule has 34 heavy (non-hydrogen) atoms. The van der Waals surface area contributed by atoms with Crippen LogP contribution in [0.1, 0.15) is 35.6 Å². The second-order valence-corrected chi connectivity index (χ2v) is 8.04. The van der Waals surface area contributed by atoms with Gasteiger partial charge in [-0.3, -0.25) is 4.79 Å². The molecule has 1 saturated heterocycles. The SMILES string of the molecule is CC1CN(c2ccc(CNC(=O)c3nnn(-c4ccc(F)cc4)c3C(F)(F)F)cn2)CC(C)O1. The molecule has 8 nitrogen and oxygen atoms in total. The van der Waals surface area contributed by atoms with E-state index in [1.165, 1.54) is 0 Å². The number of hydrogen-bond acceptors (Lipinski definition) is 6. The number of halogens is 4. The van der Waals surface area contributed by atoms with E-state index in [1.807, 2.05) is 13.8 Å². The largest absolute Gasteiger partial charge is 0.435 e. The van der Waals surface area contributed by atoms with Crippen molar-refractivity contribution in [1.29, 1.82) is 0 Å². The van der Waals surface area contributed by atoms with Crippen molar-refractivity contribution < 1.29 is 27.1 Å². The van der Waals surface area contributed by atoms with Gasteiger partial charge in [0.2, 0.25) is 0 Å². The molecule has 1 aliphatic heterocycles. The Morgan fingerprint density at radius 3 is 2.38 bits per heavy atom. The maximum Gasteiger partial charge on any atom is 0.435 e. The number of ether oxygens (including phenoxy) is 1. The van der Waals surface area contributed by atoms with E-state index in [2.05, 4.69) is 25.5 Å². The normalized spacial score (nSPS) is 18.7. The number of rotatable bonds is 5. The molecule has 2 unspecified atom stereocenters. The zero-order chi connectivity index (χ0) is 24.5. The van der Waals surface area contributed by atoms with Gasteiger partial charge >= 0.3 is 6.18 Å². The molecule has 3 heterocycles. The molecule has 1 aliphatic rings. The van der Waals surface area contributed by atoms with Crippen LogP contribution in [0.25, 0.3) is 5.69 Å². The molecule has 180 valence electrons. The minimum atomic E-state index is -4.92. The molecule has 3 aromatic rings. The van der Waals surface area contributed by atoms with Crippen molar-refractivity contribution in [2.24, 2.45) is 0 Å². The number of alkyl halides is 3. The summed E-state index contributed by atoms with van der Waals surface area (Å²) in [7, 11) is 0. The van der Waals surface area contributed by atoms with Crippen LogP contribution in [0.5, 0.6) is 0 Å². The lowest BCUT2D eigenvalue weighted by atomic mass is 10.2. The maximum atomic E-state index is 13.7. The number of hydrogen-bond donors (Lipinski definition) is 1. The fourth-order valence-electron chi connectivity index (χ4n) is 3.79. The zero-order valence-corrected chi connectivity index (χ0v) is 18.4. The lowest BCUT2D eigenvalue weighted by molar-refractivity contribution is -0.143. The second-order valence-electron chi connectivity index (χ2n) is 8.04. The van der Waals surface area contributed by atoms with E-state index in [-0.39, 0.29) is 24.4 Å². The quantitative estimate of drug-likeness (QED) is 0.566. The second kappa shape index (κ2) is 9.37. The van der Waals surface area contributed by atoms with Gasteiger partial charge in [-0.25, -0.2) is 14.1 Å². The van der Waals surface area contributed by atoms with Crippen molar-refractivity contribution in [1.82, 2.24) is 25.3 Å². The third-order valence-electron chi connectivity index (χ3n) is 5.23. The van der Waals surface area contributed by atoms with Crippen molar-refractivity contribution in [2.45, 2.75) is 38.8 Å². The van der Waals surface area contributed by atoms with Crippen molar-refractivity contribution in [2.75, 3.05) is 18.0 Å². The molecule has 1 aromatic carbocycles. The van der Waals surface area contributed by atoms with E-state index in [9.17, 15) is 22.4 Å². The van der Waals surface area contributed by atoms with Crippen molar-refractivity contribution in [3.8, 4) is 5.69 Å². The molecular weight excluding hydrogens is 456 g/mol. The van der Waals surface area contributed by atoms with Gasteiger partial charge in [-0.05, 0) is 49.7 Å². The van der Waals surface area contributed by atoms with Gasteiger partial charge in [-0.15, -0.1) is 5.10 Å². The first-order valence-electron chi connectivity index (χ1n) is 10.5. The van der Waals surface area contributed by atoms with E-state index >= 15 is 0 Å². The Balaban J connectivity index is 1.47. The van der Waals surface area contributed by atoms with Crippen molar-refractivity contribution >= 4 is 11.7 Å². The number of nitrogens with zero attached hydrogens (tertiary/aromatic N) is 5. The predicted molar refractivity (Wildman–Crippen MR) is 114 cm³/mol. The first-order chi connectivity index (χ1) is 16.1. The zero-order valence-electron chi connectivity index (χ0n) is 18.4. The number of carbonyl (C=O) groups excluding carboxylic acids is 1. The van der Waals surface area contributed by atoms with Gasteiger partial charge in [-0.2, -0.15) is 13.2 Å². The molecule has 1 N–H and O–H groups in total. The molecule has 1 fully saturated rings. The number of benzene rings is 1. The highest BCUT2D eigenvalue weighted by molar-refractivity contribution is 5.93. The summed E-state index contributed by atoms with van der Waals surface area (Å²) in [5, 5.41) is 9.33. The van der Waals surface area contributed by atoms with E-state index in [0.29, 0.717) is 23.3 Å². The number of aromatic nitrogens is 4. The number of amides is 1. The molecule has 1 amide bonds. The third kappa shape index (κ3) is 5.16. The molecule has 0 saturated carbocycles. The van der Waals surface area contributed by atoms with Crippen LogP contribution < -0.4 is 10.2 Å². The molecular formula is C22H22F4N6O2. The molecule has 0 spiro atoms. The highest BCUT2D eigenvalue weighted by atomic mass is 19.4. The summed E-state index contributed by atoms with van der Waals surface area (Å²) in [6.07, 6.45) is -3.23. The Labute approximate surface area is 192 Å². The summed E-state index contributed by atoms with van der Waals surface area (Å²) >= 11 is 0. The van der Waals surface area contributed by atoms with Gasteiger partial charge in [0.1, 0.15) is 11.6 Å². The Morgan fingerprint density at radius 1 is 1.12 bits per heavy atom. The van der Waals surface area contributed by atoms with Gasteiger partial charge in [0.25, 0.3) is 5.91 Å². The summed E-state index contributed by atoms with van der Waals surface area (Å²) in [6, 6.07) is 7.75. The number of carbonyl (C=O) groups is 1. The lowest BCUT2D eigenvalue weighted by Crippen LogP contribution is -2.45. The third-order valence-corrected chi connectivity index (χ3v) is 5.23. The molecule has 0 bridgehead atoms. The summed E-state index contributed by atoms with van der Waals surface area (Å²) in [5.41, 5.74) is -1.70. The predicted octanol–water partition coefficient (Wildman–Crippen LogP) is 3.36. The average molecular weight is 478 g/mol. The van der Waals surface area contributed by atoms with Gasteiger partial charge in [-0.1, -0.05) is 11.3 Å². The number of morpholine rings is 1. The molecule has 2 aromatic heterocycles. The summed E-state index contributed by atoms with van der Waals surface area (Å²) in [5.74, 6) is -0.910. The van der Waals surface area contributed by atoms with Crippen molar-refractivity contribution in [3.63, 3.8) is 0 Å². The molecule has 2 atom stereocenters. The first-order valence-corrected chi connectivity index (χ1v) is 10.5. The minimum absolute atomic E-state index is 0.0528. The highest BCUT2D eigenvalue weighted by Gasteiger charge is 2.42. The molecule has 0 radical (unpaired) electrons. The summed E-state index contributed by atoms with van der Waals surface area (Å²) < 4.78 is 60.5. The fourth-order valence-corrected chi connectivity index (χ4v) is 3.79. The minimum Gasteiger partial charge on any atom is -0.372 e. The molecule has 12 heteroatoms. The van der Waals surface area contributed by atoms with Crippen LogP contribution in [-0.4, -0.2) is 51.2 Å². The van der Waals surface area contributed by atoms with Crippen LogP contribution in [0.2, 0.25) is 0 Å². The maximum absolute atomic E-state index is 13.7. The van der Waals surface area contributed by atoms with Gasteiger partial charge in [0.15, 0.2) is 11.4 Å². The highest BCUT2D eigenvalue weighted by Crippen LogP contribution is 2.32. The first kappa shape index (κ1) is 23.6. The molecule has 4 rings (SSSR count). The van der Waals surface area contributed by atoms with E-state index in [0.717, 1.165) is 30.1 Å². The Hall–Kier alpha value is -3.54. The van der Waals surface area contributed by atoms with Crippen LogP contribution in [0.3, 0.4) is 0 Å². The number of anilines is 1. The van der Waals surface area contributed by atoms with E-state index < -0.39 is 29.3 Å².